The van der Waals surface area contributed by atoms with Crippen molar-refractivity contribution in [3.8, 4) is 5.75 Å². The lowest BCUT2D eigenvalue weighted by Crippen LogP contribution is -2.23. The number of anilines is 1. The van der Waals surface area contributed by atoms with Crippen molar-refractivity contribution in [1.29, 1.82) is 0 Å². The lowest BCUT2D eigenvalue weighted by molar-refractivity contribution is -0.125. The third kappa shape index (κ3) is 6.69. The van der Waals surface area contributed by atoms with Crippen LogP contribution in [-0.4, -0.2) is 56.2 Å². The van der Waals surface area contributed by atoms with Gasteiger partial charge in [0.25, 0.3) is 5.91 Å². The molecule has 0 aliphatic heterocycles. The average Bonchev–Trinajstić information content (AvgIpc) is 2.70. The zero-order valence-corrected chi connectivity index (χ0v) is 17.8. The van der Waals surface area contributed by atoms with Crippen LogP contribution in [0.2, 0.25) is 5.02 Å². The Morgan fingerprint density at radius 2 is 1.86 bits per heavy atom. The molecule has 9 heteroatoms. The van der Waals surface area contributed by atoms with Gasteiger partial charge in [-0.3, -0.25) is 9.59 Å². The Morgan fingerprint density at radius 3 is 2.55 bits per heavy atom. The molecule has 0 atom stereocenters. The van der Waals surface area contributed by atoms with Gasteiger partial charge >= 0.3 is 5.97 Å². The molecule has 0 unspecified atom stereocenters. The topological polar surface area (TPSA) is 84.9 Å². The number of nitrogens with zero attached hydrogens (tertiary/aromatic N) is 1. The first kappa shape index (κ1) is 22.6. The van der Waals surface area contributed by atoms with Gasteiger partial charge < -0.3 is 19.7 Å². The number of carbonyl (C=O) groups excluding carboxylic acids is 3. The molecule has 0 fully saturated rings. The first-order chi connectivity index (χ1) is 13.8. The van der Waals surface area contributed by atoms with E-state index in [0.717, 1.165) is 0 Å². The number of halogens is 1. The zero-order chi connectivity index (χ0) is 21.4. The highest BCUT2D eigenvalue weighted by Crippen LogP contribution is 2.27. The third-order valence-electron chi connectivity index (χ3n) is 3.73. The number of hydrogen-bond acceptors (Lipinski definition) is 6. The average molecular weight is 437 g/mol. The molecule has 2 aromatic carbocycles. The van der Waals surface area contributed by atoms with Gasteiger partial charge in [0.15, 0.2) is 6.61 Å². The Kier molecular flexibility index (Phi) is 8.35. The van der Waals surface area contributed by atoms with Gasteiger partial charge in [-0.15, -0.1) is 11.8 Å². The molecule has 2 aromatic rings. The van der Waals surface area contributed by atoms with Gasteiger partial charge in [0, 0.05) is 24.0 Å². The van der Waals surface area contributed by atoms with Gasteiger partial charge in [-0.1, -0.05) is 23.7 Å². The fourth-order valence-corrected chi connectivity index (χ4v) is 3.39. The second-order valence-corrected chi connectivity index (χ2v) is 7.50. The number of thioether (sulfide) groups is 1. The van der Waals surface area contributed by atoms with Gasteiger partial charge in [-0.05, 0) is 30.3 Å². The van der Waals surface area contributed by atoms with E-state index >= 15 is 0 Å². The minimum atomic E-state index is -0.654. The molecule has 0 aromatic heterocycles. The first-order valence-corrected chi connectivity index (χ1v) is 9.90. The van der Waals surface area contributed by atoms with Crippen LogP contribution >= 0.6 is 23.4 Å². The van der Waals surface area contributed by atoms with Gasteiger partial charge in [0.1, 0.15) is 5.75 Å². The predicted octanol–water partition coefficient (Wildman–Crippen LogP) is 3.32. The maximum absolute atomic E-state index is 12.4. The standard InChI is InChI=1S/C20H21ClN2O5S/c1-23(2)19(25)12-29-17-7-5-4-6-14(17)20(26)28-11-18(24)22-15-10-13(21)8-9-16(15)27-3/h4-10H,11-12H2,1-3H3,(H,22,24). The van der Waals surface area contributed by atoms with Crippen LogP contribution in [0.25, 0.3) is 0 Å². The van der Waals surface area contributed by atoms with E-state index < -0.39 is 18.5 Å². The molecule has 0 bridgehead atoms. The van der Waals surface area contributed by atoms with Gasteiger partial charge in [0.2, 0.25) is 5.91 Å². The highest BCUT2D eigenvalue weighted by atomic mass is 35.5. The van der Waals surface area contributed by atoms with Crippen LogP contribution in [0, 0.1) is 0 Å². The highest BCUT2D eigenvalue weighted by molar-refractivity contribution is 8.00. The lowest BCUT2D eigenvalue weighted by Gasteiger charge is -2.12. The monoisotopic (exact) mass is 436 g/mol. The van der Waals surface area contributed by atoms with Crippen molar-refractivity contribution in [2.24, 2.45) is 0 Å². The summed E-state index contributed by atoms with van der Waals surface area (Å²) in [5, 5.41) is 3.02. The first-order valence-electron chi connectivity index (χ1n) is 8.54. The molecule has 154 valence electrons. The van der Waals surface area contributed by atoms with Crippen LogP contribution in [0.5, 0.6) is 5.75 Å². The molecule has 2 rings (SSSR count). The van der Waals surface area contributed by atoms with Crippen molar-refractivity contribution >= 4 is 46.8 Å². The maximum Gasteiger partial charge on any atom is 0.339 e. The van der Waals surface area contributed by atoms with E-state index in [-0.39, 0.29) is 17.2 Å². The summed E-state index contributed by atoms with van der Waals surface area (Å²) in [6.07, 6.45) is 0. The highest BCUT2D eigenvalue weighted by Gasteiger charge is 2.17. The number of hydrogen-bond donors (Lipinski definition) is 1. The zero-order valence-electron chi connectivity index (χ0n) is 16.2. The van der Waals surface area contributed by atoms with Gasteiger partial charge in [0.05, 0.1) is 24.1 Å². The third-order valence-corrected chi connectivity index (χ3v) is 5.02. The van der Waals surface area contributed by atoms with Crippen LogP contribution in [0.15, 0.2) is 47.4 Å². The molecule has 0 saturated heterocycles. The molecular formula is C20H21ClN2O5S. The van der Waals surface area contributed by atoms with Gasteiger partial charge in [-0.2, -0.15) is 0 Å². The van der Waals surface area contributed by atoms with E-state index in [1.54, 1.807) is 50.5 Å². The van der Waals surface area contributed by atoms with Crippen molar-refractivity contribution in [1.82, 2.24) is 4.90 Å². The summed E-state index contributed by atoms with van der Waals surface area (Å²) in [6.45, 7) is -0.482. The Morgan fingerprint density at radius 1 is 1.14 bits per heavy atom. The number of methoxy groups -OCH3 is 1. The van der Waals surface area contributed by atoms with E-state index in [1.807, 2.05) is 0 Å². The van der Waals surface area contributed by atoms with Crippen molar-refractivity contribution in [2.75, 3.05) is 38.9 Å². The molecule has 2 amide bonds. The summed E-state index contributed by atoms with van der Waals surface area (Å²) >= 11 is 7.16. The van der Waals surface area contributed by atoms with Crippen LogP contribution in [0.3, 0.4) is 0 Å². The lowest BCUT2D eigenvalue weighted by atomic mass is 10.2. The van der Waals surface area contributed by atoms with Crippen LogP contribution in [-0.2, 0) is 14.3 Å². The summed E-state index contributed by atoms with van der Waals surface area (Å²) in [5.74, 6) is -0.647. The Labute approximate surface area is 178 Å². The van der Waals surface area contributed by atoms with Crippen molar-refractivity contribution in [3.63, 3.8) is 0 Å². The molecule has 7 nitrogen and oxygen atoms in total. The van der Waals surface area contributed by atoms with E-state index in [2.05, 4.69) is 5.32 Å². The maximum atomic E-state index is 12.4. The number of esters is 1. The number of ether oxygens (including phenoxy) is 2. The molecular weight excluding hydrogens is 416 g/mol. The summed E-state index contributed by atoms with van der Waals surface area (Å²) in [6, 6.07) is 11.5. The number of carbonyl (C=O) groups is 3. The summed E-state index contributed by atoms with van der Waals surface area (Å²) < 4.78 is 10.3. The van der Waals surface area contributed by atoms with Crippen molar-refractivity contribution in [3.05, 3.63) is 53.1 Å². The van der Waals surface area contributed by atoms with Crippen LogP contribution in [0.1, 0.15) is 10.4 Å². The summed E-state index contributed by atoms with van der Waals surface area (Å²) in [7, 11) is 4.79. The van der Waals surface area contributed by atoms with Crippen molar-refractivity contribution < 1.29 is 23.9 Å². The van der Waals surface area contributed by atoms with Crippen LogP contribution < -0.4 is 10.1 Å². The quantitative estimate of drug-likeness (QED) is 0.504. The van der Waals surface area contributed by atoms with Gasteiger partial charge in [-0.25, -0.2) is 4.79 Å². The Bertz CT molecular complexity index is 904. The van der Waals surface area contributed by atoms with E-state index in [4.69, 9.17) is 21.1 Å². The van der Waals surface area contributed by atoms with E-state index in [9.17, 15) is 14.4 Å². The smallest absolute Gasteiger partial charge is 0.339 e. The minimum Gasteiger partial charge on any atom is -0.495 e. The second kappa shape index (κ2) is 10.7. The van der Waals surface area contributed by atoms with Crippen molar-refractivity contribution in [2.45, 2.75) is 4.90 Å². The Hall–Kier alpha value is -2.71. The molecule has 0 aliphatic rings. The molecule has 29 heavy (non-hydrogen) atoms. The second-order valence-electron chi connectivity index (χ2n) is 6.04. The molecule has 0 spiro atoms. The number of rotatable bonds is 8. The molecule has 0 heterocycles. The number of amides is 2. The SMILES string of the molecule is COc1ccc(Cl)cc1NC(=O)COC(=O)c1ccccc1SCC(=O)N(C)C. The molecule has 0 radical (unpaired) electrons. The van der Waals surface area contributed by atoms with Crippen LogP contribution in [0.4, 0.5) is 5.69 Å². The molecule has 0 aliphatic carbocycles. The van der Waals surface area contributed by atoms with E-state index in [1.165, 1.54) is 29.8 Å². The minimum absolute atomic E-state index is 0.0759. The molecule has 0 saturated carbocycles. The number of benzene rings is 2. The summed E-state index contributed by atoms with van der Waals surface area (Å²) in [5.41, 5.74) is 0.663. The fraction of sp³-hybridized carbons (Fsp3) is 0.250. The molecule has 1 N–H and O–H groups in total. The predicted molar refractivity (Wildman–Crippen MR) is 113 cm³/mol. The largest absolute Gasteiger partial charge is 0.495 e. The number of nitrogens with one attached hydrogen (secondary N) is 1. The Balaban J connectivity index is 1.98. The van der Waals surface area contributed by atoms with E-state index in [0.29, 0.717) is 21.4 Å². The summed E-state index contributed by atoms with van der Waals surface area (Å²) in [4.78, 5) is 38.4. The fourth-order valence-electron chi connectivity index (χ4n) is 2.20. The normalized spacial score (nSPS) is 10.2.